The van der Waals surface area contributed by atoms with Crippen LogP contribution in [0.4, 0.5) is 0 Å². The molecule has 2 rings (SSSR count). The van der Waals surface area contributed by atoms with Gasteiger partial charge in [-0.15, -0.1) is 17.5 Å². The van der Waals surface area contributed by atoms with Crippen LogP contribution in [-0.4, -0.2) is 44.9 Å². The summed E-state index contributed by atoms with van der Waals surface area (Å²) in [5.74, 6) is 0.930. The number of methoxy groups -OCH3 is 3. The Morgan fingerprint density at radius 2 is 1.62 bits per heavy atom. The van der Waals surface area contributed by atoms with Crippen LogP contribution in [-0.2, 0) is 4.84 Å². The van der Waals surface area contributed by atoms with Crippen LogP contribution in [0.5, 0.6) is 17.2 Å². The van der Waals surface area contributed by atoms with Crippen molar-refractivity contribution in [2.75, 3.05) is 27.9 Å². The van der Waals surface area contributed by atoms with Gasteiger partial charge in [0.2, 0.25) is 5.75 Å². The SMILES string of the molecule is CCCN(OC(=O)c1cc(OC)c(OC)c(OC)c1)C1CCCCC1.Cl. The maximum Gasteiger partial charge on any atom is 0.357 e. The summed E-state index contributed by atoms with van der Waals surface area (Å²) in [7, 11) is 4.58. The molecule has 0 atom stereocenters. The van der Waals surface area contributed by atoms with Crippen molar-refractivity contribution in [2.24, 2.45) is 0 Å². The van der Waals surface area contributed by atoms with Crippen LogP contribution in [0.2, 0.25) is 0 Å². The van der Waals surface area contributed by atoms with Crippen molar-refractivity contribution in [1.29, 1.82) is 0 Å². The highest BCUT2D eigenvalue weighted by Gasteiger charge is 2.26. The lowest BCUT2D eigenvalue weighted by Gasteiger charge is -2.32. The van der Waals surface area contributed by atoms with Crippen molar-refractivity contribution in [3.05, 3.63) is 17.7 Å². The van der Waals surface area contributed by atoms with Gasteiger partial charge in [0.1, 0.15) is 0 Å². The van der Waals surface area contributed by atoms with E-state index < -0.39 is 5.97 Å². The Morgan fingerprint density at radius 3 is 2.08 bits per heavy atom. The first-order valence-corrected chi connectivity index (χ1v) is 8.93. The quantitative estimate of drug-likeness (QED) is 0.621. The van der Waals surface area contributed by atoms with Gasteiger partial charge in [0.25, 0.3) is 0 Å². The van der Waals surface area contributed by atoms with Gasteiger partial charge in [-0.25, -0.2) is 4.79 Å². The highest BCUT2D eigenvalue weighted by Crippen LogP contribution is 2.38. The van der Waals surface area contributed by atoms with E-state index in [4.69, 9.17) is 19.0 Å². The maximum absolute atomic E-state index is 12.7. The largest absolute Gasteiger partial charge is 0.493 e. The number of hydroxylamine groups is 2. The van der Waals surface area contributed by atoms with Gasteiger partial charge >= 0.3 is 5.97 Å². The third-order valence-corrected chi connectivity index (χ3v) is 4.53. The Morgan fingerprint density at radius 1 is 1.04 bits per heavy atom. The van der Waals surface area contributed by atoms with Crippen LogP contribution in [0.25, 0.3) is 0 Å². The van der Waals surface area contributed by atoms with Crippen LogP contribution < -0.4 is 14.2 Å². The number of benzene rings is 1. The zero-order chi connectivity index (χ0) is 18.2. The van der Waals surface area contributed by atoms with Crippen molar-refractivity contribution in [3.63, 3.8) is 0 Å². The summed E-state index contributed by atoms with van der Waals surface area (Å²) in [5, 5.41) is 1.85. The first kappa shape index (κ1) is 22.4. The molecule has 1 aromatic rings. The third-order valence-electron chi connectivity index (χ3n) is 4.53. The van der Waals surface area contributed by atoms with E-state index in [9.17, 15) is 4.79 Å². The number of hydrogen-bond acceptors (Lipinski definition) is 6. The molecular formula is C19H30ClNO5. The minimum Gasteiger partial charge on any atom is -0.493 e. The van der Waals surface area contributed by atoms with E-state index in [-0.39, 0.29) is 12.4 Å². The second kappa shape index (κ2) is 11.1. The molecule has 1 saturated carbocycles. The number of carbonyl (C=O) groups excluding carboxylic acids is 1. The van der Waals surface area contributed by atoms with Crippen molar-refractivity contribution in [3.8, 4) is 17.2 Å². The molecule has 1 fully saturated rings. The standard InChI is InChI=1S/C19H29NO5.ClH/c1-5-11-20(15-9-7-6-8-10-15)25-19(21)14-12-16(22-2)18(24-4)17(13-14)23-3;/h12-13,15H,5-11H2,1-4H3;1H. The second-order valence-electron chi connectivity index (χ2n) is 6.23. The molecule has 0 aliphatic heterocycles. The Bertz CT molecular complexity index is 550. The van der Waals surface area contributed by atoms with Crippen LogP contribution in [0, 0.1) is 0 Å². The molecule has 0 saturated heterocycles. The van der Waals surface area contributed by atoms with Gasteiger partial charge in [-0.3, -0.25) is 0 Å². The minimum absolute atomic E-state index is 0. The Kier molecular flexibility index (Phi) is 9.59. The monoisotopic (exact) mass is 387 g/mol. The lowest BCUT2D eigenvalue weighted by atomic mass is 9.95. The fraction of sp³-hybridized carbons (Fsp3) is 0.632. The van der Waals surface area contributed by atoms with E-state index >= 15 is 0 Å². The summed E-state index contributed by atoms with van der Waals surface area (Å²) < 4.78 is 15.9. The van der Waals surface area contributed by atoms with Crippen LogP contribution in [0.1, 0.15) is 55.8 Å². The molecule has 0 radical (unpaired) electrons. The lowest BCUT2D eigenvalue weighted by molar-refractivity contribution is -0.144. The van der Waals surface area contributed by atoms with Gasteiger partial charge in [-0.2, -0.15) is 0 Å². The number of rotatable bonds is 8. The van der Waals surface area contributed by atoms with Gasteiger partial charge in [-0.05, 0) is 31.4 Å². The summed E-state index contributed by atoms with van der Waals surface area (Å²) in [6.07, 6.45) is 6.71. The first-order chi connectivity index (χ1) is 12.1. The summed E-state index contributed by atoms with van der Waals surface area (Å²) in [6.45, 7) is 2.82. The number of hydrogen-bond donors (Lipinski definition) is 0. The van der Waals surface area contributed by atoms with Gasteiger partial charge in [0, 0.05) is 12.6 Å². The van der Waals surface area contributed by atoms with Crippen molar-refractivity contribution >= 4 is 18.4 Å². The van der Waals surface area contributed by atoms with Gasteiger partial charge < -0.3 is 19.0 Å². The molecule has 0 heterocycles. The Hall–Kier alpha value is -1.66. The zero-order valence-electron chi connectivity index (χ0n) is 16.1. The highest BCUT2D eigenvalue weighted by molar-refractivity contribution is 5.91. The van der Waals surface area contributed by atoms with Crippen LogP contribution in [0.3, 0.4) is 0 Å². The molecule has 0 spiro atoms. The fourth-order valence-corrected chi connectivity index (χ4v) is 3.25. The number of halogens is 1. The maximum atomic E-state index is 12.7. The molecule has 0 aromatic heterocycles. The third kappa shape index (κ3) is 5.42. The average Bonchev–Trinajstić information content (AvgIpc) is 2.66. The van der Waals surface area contributed by atoms with E-state index in [1.807, 2.05) is 5.06 Å². The molecule has 148 valence electrons. The highest BCUT2D eigenvalue weighted by atomic mass is 35.5. The average molecular weight is 388 g/mol. The molecule has 1 aliphatic rings. The zero-order valence-corrected chi connectivity index (χ0v) is 16.9. The van der Waals surface area contributed by atoms with Crippen molar-refractivity contribution in [1.82, 2.24) is 5.06 Å². The molecule has 0 amide bonds. The van der Waals surface area contributed by atoms with Gasteiger partial charge in [0.15, 0.2) is 11.5 Å². The minimum atomic E-state index is -0.404. The molecule has 26 heavy (non-hydrogen) atoms. The van der Waals surface area contributed by atoms with Crippen LogP contribution in [0.15, 0.2) is 12.1 Å². The van der Waals surface area contributed by atoms with E-state index in [1.54, 1.807) is 12.1 Å². The summed E-state index contributed by atoms with van der Waals surface area (Å²) in [6, 6.07) is 3.54. The molecule has 1 aromatic carbocycles. The predicted molar refractivity (Wildman–Crippen MR) is 103 cm³/mol. The fourth-order valence-electron chi connectivity index (χ4n) is 3.25. The second-order valence-corrected chi connectivity index (χ2v) is 6.23. The smallest absolute Gasteiger partial charge is 0.357 e. The molecule has 7 heteroatoms. The van der Waals surface area contributed by atoms with Gasteiger partial charge in [0.05, 0.1) is 26.9 Å². The molecule has 0 N–H and O–H groups in total. The molecule has 1 aliphatic carbocycles. The summed E-state index contributed by atoms with van der Waals surface area (Å²) >= 11 is 0. The van der Waals surface area contributed by atoms with Gasteiger partial charge in [-0.1, -0.05) is 26.2 Å². The molecular weight excluding hydrogens is 358 g/mol. The molecule has 6 nitrogen and oxygen atoms in total. The molecule has 0 unspecified atom stereocenters. The lowest BCUT2D eigenvalue weighted by Crippen LogP contribution is -2.39. The van der Waals surface area contributed by atoms with E-state index in [1.165, 1.54) is 40.6 Å². The molecule has 0 bridgehead atoms. The van der Waals surface area contributed by atoms with E-state index in [0.29, 0.717) is 28.9 Å². The van der Waals surface area contributed by atoms with Crippen LogP contribution >= 0.6 is 12.4 Å². The topological polar surface area (TPSA) is 57.2 Å². The summed E-state index contributed by atoms with van der Waals surface area (Å²) in [4.78, 5) is 18.4. The Balaban J connectivity index is 0.00000338. The number of ether oxygens (including phenoxy) is 3. The Labute approximate surface area is 162 Å². The summed E-state index contributed by atoms with van der Waals surface area (Å²) in [5.41, 5.74) is 0.381. The number of nitrogens with zero attached hydrogens (tertiary/aromatic N) is 1. The normalized spacial score (nSPS) is 14.5. The van der Waals surface area contributed by atoms with E-state index in [0.717, 1.165) is 25.8 Å². The predicted octanol–water partition coefficient (Wildman–Crippen LogP) is 4.25. The van der Waals surface area contributed by atoms with E-state index in [2.05, 4.69) is 6.92 Å². The first-order valence-electron chi connectivity index (χ1n) is 8.93. The number of carbonyl (C=O) groups is 1. The van der Waals surface area contributed by atoms with Crippen molar-refractivity contribution < 1.29 is 23.8 Å². The van der Waals surface area contributed by atoms with Crippen molar-refractivity contribution in [2.45, 2.75) is 51.5 Å².